The van der Waals surface area contributed by atoms with Crippen LogP contribution in [0, 0.1) is 11.8 Å². The van der Waals surface area contributed by atoms with Gasteiger partial charge in [0.25, 0.3) is 11.5 Å². The number of anilines is 1. The molecule has 10 nitrogen and oxygen atoms in total. The third-order valence-corrected chi connectivity index (χ3v) is 7.71. The summed E-state index contributed by atoms with van der Waals surface area (Å²) in [5.41, 5.74) is 8.64. The van der Waals surface area contributed by atoms with E-state index in [1.54, 1.807) is 27.5 Å². The Kier molecular flexibility index (Phi) is 7.44. The molecule has 3 aromatic heterocycles. The van der Waals surface area contributed by atoms with Crippen molar-refractivity contribution in [2.24, 2.45) is 0 Å². The monoisotopic (exact) mass is 561 g/mol. The molecule has 1 fully saturated rings. The molecule has 1 atom stereocenters. The molecule has 5 aromatic rings. The average Bonchev–Trinajstić information content (AvgIpc) is 3.34. The summed E-state index contributed by atoms with van der Waals surface area (Å²) in [5, 5.41) is 7.28. The van der Waals surface area contributed by atoms with Gasteiger partial charge in [-0.1, -0.05) is 42.2 Å². The first kappa shape index (κ1) is 27.2. The summed E-state index contributed by atoms with van der Waals surface area (Å²) in [7, 11) is 2.13. The van der Waals surface area contributed by atoms with Gasteiger partial charge in [0.15, 0.2) is 11.4 Å². The highest BCUT2D eigenvalue weighted by Gasteiger charge is 2.27. The Hall–Kier alpha value is -4.98. The number of nitrogens with one attached hydrogen (secondary N) is 2. The molecular formula is C32H33N8O2+. The highest BCUT2D eigenvalue weighted by Crippen LogP contribution is 2.24. The van der Waals surface area contributed by atoms with Crippen molar-refractivity contribution in [2.45, 2.75) is 13.0 Å². The number of hydrogen-bond donors (Lipinski definition) is 3. The number of piperazine rings is 1. The van der Waals surface area contributed by atoms with Crippen molar-refractivity contribution in [3.05, 3.63) is 100 Å². The summed E-state index contributed by atoms with van der Waals surface area (Å²) >= 11 is 0. The Bertz CT molecular complexity index is 1890. The van der Waals surface area contributed by atoms with Gasteiger partial charge in [0.1, 0.15) is 12.4 Å². The number of amides is 1. The van der Waals surface area contributed by atoms with Crippen LogP contribution in [0.1, 0.15) is 34.6 Å². The van der Waals surface area contributed by atoms with Crippen LogP contribution in [0.4, 0.5) is 5.82 Å². The Morgan fingerprint density at radius 3 is 2.69 bits per heavy atom. The summed E-state index contributed by atoms with van der Waals surface area (Å²) in [4.78, 5) is 36.7. The van der Waals surface area contributed by atoms with Gasteiger partial charge in [0, 0.05) is 49.2 Å². The van der Waals surface area contributed by atoms with Crippen molar-refractivity contribution in [1.82, 2.24) is 29.8 Å². The number of likely N-dealkylation sites (N-methyl/N-ethyl adjacent to an activating group) is 1. The summed E-state index contributed by atoms with van der Waals surface area (Å²) in [6, 6.07) is 18.3. The molecule has 6 rings (SSSR count). The average molecular weight is 562 g/mol. The molecule has 42 heavy (non-hydrogen) atoms. The molecule has 10 heteroatoms. The zero-order valence-electron chi connectivity index (χ0n) is 23.7. The van der Waals surface area contributed by atoms with Crippen molar-refractivity contribution < 1.29 is 9.31 Å². The smallest absolute Gasteiger partial charge is 0.362 e. The molecular weight excluding hydrogens is 528 g/mol. The number of hydrogen-bond acceptors (Lipinski definition) is 6. The highest BCUT2D eigenvalue weighted by atomic mass is 16.2. The fourth-order valence-corrected chi connectivity index (χ4v) is 5.42. The zero-order chi connectivity index (χ0) is 29.2. The second kappa shape index (κ2) is 11.5. The fourth-order valence-electron chi connectivity index (χ4n) is 5.42. The lowest BCUT2D eigenvalue weighted by molar-refractivity contribution is -0.577. The van der Waals surface area contributed by atoms with Crippen LogP contribution in [0.2, 0.25) is 0 Å². The van der Waals surface area contributed by atoms with E-state index in [1.165, 1.54) is 0 Å². The third-order valence-electron chi connectivity index (χ3n) is 7.71. The number of carbonyl (C=O) groups excluding carboxylic acids is 1. The van der Waals surface area contributed by atoms with E-state index in [2.05, 4.69) is 44.1 Å². The van der Waals surface area contributed by atoms with Crippen LogP contribution in [-0.4, -0.2) is 70.1 Å². The van der Waals surface area contributed by atoms with Gasteiger partial charge in [0.2, 0.25) is 0 Å². The van der Waals surface area contributed by atoms with Gasteiger partial charge in [-0.25, -0.2) is 5.10 Å². The van der Waals surface area contributed by atoms with Gasteiger partial charge >= 0.3 is 5.65 Å². The van der Waals surface area contributed by atoms with E-state index in [-0.39, 0.29) is 16.9 Å². The third kappa shape index (κ3) is 5.23. The van der Waals surface area contributed by atoms with Crippen LogP contribution in [0.15, 0.2) is 77.9 Å². The maximum atomic E-state index is 14.2. The summed E-state index contributed by atoms with van der Waals surface area (Å²) < 4.78 is 3.25. The van der Waals surface area contributed by atoms with Crippen molar-refractivity contribution >= 4 is 28.1 Å². The second-order valence-electron chi connectivity index (χ2n) is 10.6. The van der Waals surface area contributed by atoms with Crippen molar-refractivity contribution in [1.29, 1.82) is 0 Å². The number of para-hydroxylation sites is 1. The molecule has 212 valence electrons. The number of nitrogens with two attached hydrogens (primary N) is 1. The first-order valence-electron chi connectivity index (χ1n) is 14.0. The van der Waals surface area contributed by atoms with Crippen molar-refractivity contribution in [3.63, 3.8) is 0 Å². The minimum absolute atomic E-state index is 0.192. The number of aromatic nitrogens is 4. The number of H-pyrrole nitrogens is 1. The molecule has 2 aromatic carbocycles. The normalized spacial score (nSPS) is 14.9. The lowest BCUT2D eigenvalue weighted by Gasteiger charge is -2.30. The lowest BCUT2D eigenvalue weighted by atomic mass is 10.0. The minimum Gasteiger partial charge on any atom is -0.382 e. The molecule has 0 bridgehead atoms. The van der Waals surface area contributed by atoms with Gasteiger partial charge in [-0.2, -0.15) is 0 Å². The van der Waals surface area contributed by atoms with Gasteiger partial charge in [-0.15, -0.1) is 4.52 Å². The number of rotatable bonds is 5. The number of benzene rings is 2. The SMILES string of the molecule is CC(NC(=O)c1c(N)[nH][n+]2cccnc12)c1cc2cccc(C#CCN3CCN(C)CC3)c2c(=O)n1-c1ccccc1. The van der Waals surface area contributed by atoms with Crippen LogP contribution in [0.3, 0.4) is 0 Å². The van der Waals surface area contributed by atoms with Crippen LogP contribution < -0.4 is 21.1 Å². The van der Waals surface area contributed by atoms with Crippen LogP contribution >= 0.6 is 0 Å². The number of fused-ring (bicyclic) bond motifs is 2. The van der Waals surface area contributed by atoms with Gasteiger partial charge in [0.05, 0.1) is 18.0 Å². The number of pyridine rings is 1. The molecule has 1 unspecified atom stereocenters. The van der Waals surface area contributed by atoms with E-state index < -0.39 is 11.9 Å². The quantitative estimate of drug-likeness (QED) is 0.224. The van der Waals surface area contributed by atoms with E-state index >= 15 is 0 Å². The molecule has 1 aliphatic rings. The van der Waals surface area contributed by atoms with Crippen molar-refractivity contribution in [3.8, 4) is 17.5 Å². The molecule has 4 heterocycles. The number of nitrogen functional groups attached to an aromatic ring is 1. The van der Waals surface area contributed by atoms with Gasteiger partial charge in [-0.3, -0.25) is 19.1 Å². The minimum atomic E-state index is -0.542. The van der Waals surface area contributed by atoms with Gasteiger partial charge < -0.3 is 16.0 Å². The zero-order valence-corrected chi connectivity index (χ0v) is 23.7. The van der Waals surface area contributed by atoms with E-state index in [9.17, 15) is 9.59 Å². The number of aromatic amines is 1. The molecule has 0 aliphatic carbocycles. The molecule has 1 amide bonds. The maximum absolute atomic E-state index is 14.2. The number of nitrogens with zero attached hydrogens (tertiary/aromatic N) is 5. The summed E-state index contributed by atoms with van der Waals surface area (Å²) in [6.07, 6.45) is 3.34. The first-order valence-corrected chi connectivity index (χ1v) is 14.0. The van der Waals surface area contributed by atoms with Gasteiger partial charge in [-0.05, 0) is 48.6 Å². The predicted octanol–water partition coefficient (Wildman–Crippen LogP) is 2.12. The standard InChI is InChI=1S/C32H32N8O2/c1-22(35-31(41)28-29(33)36-39-16-8-14-34-30(28)39)26-21-24-10-6-9-23(11-7-15-38-19-17-37(2)18-20-38)27(24)32(42)40(26)25-12-4-3-5-13-25/h3-6,8-10,12-14,16,21-22H,15,17-20H2,1-2H3,(H3,33,35,36,41)/p+1. The lowest BCUT2D eigenvalue weighted by Crippen LogP contribution is -2.44. The van der Waals surface area contributed by atoms with E-state index in [1.807, 2.05) is 61.5 Å². The molecule has 1 saturated heterocycles. The largest absolute Gasteiger partial charge is 0.382 e. The molecule has 0 spiro atoms. The topological polar surface area (TPSA) is 116 Å². The molecule has 0 saturated carbocycles. The summed E-state index contributed by atoms with van der Waals surface area (Å²) in [6.45, 7) is 6.52. The van der Waals surface area contributed by atoms with Crippen molar-refractivity contribution in [2.75, 3.05) is 45.5 Å². The highest BCUT2D eigenvalue weighted by molar-refractivity contribution is 6.03. The Labute approximate surface area is 243 Å². The fraction of sp³-hybridized carbons (Fsp3) is 0.250. The van der Waals surface area contributed by atoms with Crippen LogP contribution in [-0.2, 0) is 0 Å². The second-order valence-corrected chi connectivity index (χ2v) is 10.6. The van der Waals surface area contributed by atoms with E-state index in [0.29, 0.717) is 34.5 Å². The first-order chi connectivity index (χ1) is 20.4. The molecule has 1 aliphatic heterocycles. The molecule has 0 radical (unpaired) electrons. The van der Waals surface area contributed by atoms with Crippen LogP contribution in [0.25, 0.3) is 22.1 Å². The Morgan fingerprint density at radius 1 is 1.12 bits per heavy atom. The van der Waals surface area contributed by atoms with E-state index in [4.69, 9.17) is 5.73 Å². The predicted molar refractivity (Wildman–Crippen MR) is 162 cm³/mol. The van der Waals surface area contributed by atoms with Crippen LogP contribution in [0.5, 0.6) is 0 Å². The Morgan fingerprint density at radius 2 is 1.90 bits per heavy atom. The maximum Gasteiger partial charge on any atom is 0.362 e. The van der Waals surface area contributed by atoms with E-state index in [0.717, 1.165) is 31.6 Å². The number of carbonyl (C=O) groups is 1. The molecule has 4 N–H and O–H groups in total. The Balaban J connectivity index is 1.39. The summed E-state index contributed by atoms with van der Waals surface area (Å²) in [5.74, 6) is 6.38.